The molecule has 0 saturated heterocycles. The molecule has 0 heterocycles. The van der Waals surface area contributed by atoms with Crippen LogP contribution in [0.25, 0.3) is 0 Å². The van der Waals surface area contributed by atoms with Crippen molar-refractivity contribution in [1.82, 2.24) is 0 Å². The molecular weight excluding hydrogens is 93.5 g/mol. The van der Waals surface area contributed by atoms with E-state index >= 15 is 0 Å². The highest BCUT2D eigenvalue weighted by Crippen LogP contribution is 1.59. The maximum absolute atomic E-state index is 6.50. The molecule has 0 aromatic heterocycles. The fourth-order valence-electron chi connectivity index (χ4n) is 0. The van der Waals surface area contributed by atoms with Gasteiger partial charge < -0.3 is 5.21 Å². The molecule has 0 aromatic rings. The van der Waals surface area contributed by atoms with E-state index in [0.29, 0.717) is 0 Å². The monoisotopic (exact) mass is 99.0 g/mol. The quantitative estimate of drug-likeness (QED) is 0.424. The summed E-state index contributed by atoms with van der Waals surface area (Å²) in [4.78, 5) is 0. The van der Waals surface area contributed by atoms with Crippen molar-refractivity contribution >= 4 is 11.9 Å². The predicted molar refractivity (Wildman–Crippen MR) is 18.8 cm³/mol. The minimum Gasteiger partial charge on any atom is -0.320 e. The summed E-state index contributed by atoms with van der Waals surface area (Å²) in [6, 6.07) is 0. The van der Waals surface area contributed by atoms with Crippen LogP contribution in [0, 0.1) is 0 Å². The molecule has 0 fully saturated rings. The molecule has 0 aliphatic carbocycles. The van der Waals surface area contributed by atoms with E-state index in [4.69, 9.17) is 5.21 Å². The molecule has 0 aliphatic heterocycles. The van der Waals surface area contributed by atoms with Crippen molar-refractivity contribution in [3.8, 4) is 0 Å². The topological polar surface area (TPSA) is 55.5 Å². The Balaban J connectivity index is 0. The zero-order valence-electron chi connectivity index (χ0n) is 2.81. The zero-order chi connectivity index (χ0) is 4.71. The summed E-state index contributed by atoms with van der Waals surface area (Å²) in [5, 5.41) is 6.50. The summed E-state index contributed by atoms with van der Waals surface area (Å²) in [5.41, 5.74) is 0. The normalized spacial score (nSPS) is 4.80. The van der Waals surface area contributed by atoms with Crippen LogP contribution in [0.2, 0.25) is 0 Å². The van der Waals surface area contributed by atoms with E-state index in [-0.39, 0.29) is 0 Å². The molecule has 4 heteroatoms. The second-order valence-corrected chi connectivity index (χ2v) is 0.463. The van der Waals surface area contributed by atoms with Crippen LogP contribution in [0.15, 0.2) is 0 Å². The van der Waals surface area contributed by atoms with Gasteiger partial charge in [0.2, 0.25) is 0 Å². The Hall–Kier alpha value is 0.170. The van der Waals surface area contributed by atoms with E-state index in [1.54, 1.807) is 0 Å². The molecule has 0 aromatic carbocycles. The standard InChI is InChI=1S/CH3ClO.H3NO/c1-3-2;1-2/h1H3;2H,1H2. The van der Waals surface area contributed by atoms with Crippen LogP contribution >= 0.6 is 11.9 Å². The Morgan fingerprint density at radius 1 is 1.80 bits per heavy atom. The lowest BCUT2D eigenvalue weighted by atomic mass is 11.8. The van der Waals surface area contributed by atoms with Gasteiger partial charge >= 0.3 is 0 Å². The highest BCUT2D eigenvalue weighted by atomic mass is 35.5. The van der Waals surface area contributed by atoms with Gasteiger partial charge in [0.1, 0.15) is 0 Å². The van der Waals surface area contributed by atoms with Crippen LogP contribution in [0.5, 0.6) is 0 Å². The van der Waals surface area contributed by atoms with Crippen LogP contribution in [-0.2, 0) is 4.29 Å². The maximum Gasteiger partial charge on any atom is 0.0606 e. The molecule has 0 spiro atoms. The third-order valence-electron chi connectivity index (χ3n) is 0. The van der Waals surface area contributed by atoms with Gasteiger partial charge in [0.15, 0.2) is 0 Å². The lowest BCUT2D eigenvalue weighted by Crippen LogP contribution is -1.72. The van der Waals surface area contributed by atoms with Crippen LogP contribution < -0.4 is 5.90 Å². The van der Waals surface area contributed by atoms with Gasteiger partial charge in [-0.25, -0.2) is 5.90 Å². The smallest absolute Gasteiger partial charge is 0.0606 e. The Kier molecular flexibility index (Phi) is 54.8. The van der Waals surface area contributed by atoms with E-state index in [1.807, 2.05) is 0 Å². The molecule has 0 bridgehead atoms. The molecule has 0 aliphatic rings. The molecule has 0 rings (SSSR count). The van der Waals surface area contributed by atoms with E-state index < -0.39 is 0 Å². The third kappa shape index (κ3) is 679. The maximum atomic E-state index is 6.50. The summed E-state index contributed by atoms with van der Waals surface area (Å²) in [7, 11) is 1.39. The van der Waals surface area contributed by atoms with Crippen LogP contribution in [-0.4, -0.2) is 12.3 Å². The molecule has 0 saturated carbocycles. The second-order valence-electron chi connectivity index (χ2n) is 0.154. The Morgan fingerprint density at radius 3 is 1.80 bits per heavy atom. The summed E-state index contributed by atoms with van der Waals surface area (Å²) in [5.74, 6) is 3.50. The van der Waals surface area contributed by atoms with Crippen LogP contribution in [0.3, 0.4) is 0 Å². The molecule has 0 unspecified atom stereocenters. The fraction of sp³-hybridized carbons (Fsp3) is 1.00. The number of rotatable bonds is 0. The molecule has 5 heavy (non-hydrogen) atoms. The molecule has 3 N–H and O–H groups in total. The lowest BCUT2D eigenvalue weighted by Gasteiger charge is -1.54. The first-order chi connectivity index (χ1) is 2.41. The Bertz CT molecular complexity index is 9.61. The van der Waals surface area contributed by atoms with Gasteiger partial charge in [0.05, 0.1) is 19.0 Å². The summed E-state index contributed by atoms with van der Waals surface area (Å²) < 4.78 is 3.72. The van der Waals surface area contributed by atoms with Gasteiger partial charge in [0, 0.05) is 0 Å². The minimum absolute atomic E-state index is 1.39. The van der Waals surface area contributed by atoms with Gasteiger partial charge in [-0.3, -0.25) is 4.29 Å². The van der Waals surface area contributed by atoms with Gasteiger partial charge in [-0.2, -0.15) is 0 Å². The highest BCUT2D eigenvalue weighted by molar-refractivity contribution is 6.07. The fourth-order valence-corrected chi connectivity index (χ4v) is 0. The second kappa shape index (κ2) is 30.6. The minimum atomic E-state index is 1.39. The third-order valence-corrected chi connectivity index (χ3v) is 0. The van der Waals surface area contributed by atoms with Gasteiger partial charge in [0.25, 0.3) is 0 Å². The van der Waals surface area contributed by atoms with Crippen LogP contribution in [0.4, 0.5) is 0 Å². The van der Waals surface area contributed by atoms with E-state index in [0.717, 1.165) is 0 Å². The molecule has 0 atom stereocenters. The van der Waals surface area contributed by atoms with Crippen LogP contribution in [0.1, 0.15) is 0 Å². The van der Waals surface area contributed by atoms with Crippen molar-refractivity contribution in [2.24, 2.45) is 5.90 Å². The van der Waals surface area contributed by atoms with Crippen molar-refractivity contribution in [3.05, 3.63) is 0 Å². The van der Waals surface area contributed by atoms with Crippen molar-refractivity contribution in [3.63, 3.8) is 0 Å². The van der Waals surface area contributed by atoms with E-state index in [2.05, 4.69) is 22.1 Å². The van der Waals surface area contributed by atoms with E-state index in [1.165, 1.54) is 7.11 Å². The molecule has 0 radical (unpaired) electrons. The van der Waals surface area contributed by atoms with Crippen molar-refractivity contribution in [2.45, 2.75) is 0 Å². The molecule has 0 amide bonds. The average Bonchev–Trinajstić information content (AvgIpc) is 1.46. The number of hydrogen-bond donors (Lipinski definition) is 2. The van der Waals surface area contributed by atoms with Crippen molar-refractivity contribution in [2.75, 3.05) is 7.11 Å². The van der Waals surface area contributed by atoms with Gasteiger partial charge in [-0.15, -0.1) is 0 Å². The summed E-state index contributed by atoms with van der Waals surface area (Å²) in [6.45, 7) is 0. The molecule has 3 nitrogen and oxygen atoms in total. The number of hydrogen-bond acceptors (Lipinski definition) is 3. The number of nitrogens with two attached hydrogens (primary N) is 1. The highest BCUT2D eigenvalue weighted by Gasteiger charge is 1.31. The Morgan fingerprint density at radius 2 is 1.80 bits per heavy atom. The molecule has 34 valence electrons. The van der Waals surface area contributed by atoms with Crippen molar-refractivity contribution in [1.29, 1.82) is 0 Å². The summed E-state index contributed by atoms with van der Waals surface area (Å²) in [6.07, 6.45) is 0. The predicted octanol–water partition coefficient (Wildman–Crippen LogP) is 0.121. The van der Waals surface area contributed by atoms with Gasteiger partial charge in [-0.1, -0.05) is 0 Å². The zero-order valence-corrected chi connectivity index (χ0v) is 3.57. The average molecular weight is 99.5 g/mol. The van der Waals surface area contributed by atoms with Gasteiger partial charge in [-0.05, 0) is 0 Å². The van der Waals surface area contributed by atoms with E-state index in [9.17, 15) is 0 Å². The molecular formula is CH6ClNO2. The lowest BCUT2D eigenvalue weighted by molar-refractivity contribution is 0.311. The first-order valence-corrected chi connectivity index (χ1v) is 1.13. The largest absolute Gasteiger partial charge is 0.320 e. The first kappa shape index (κ1) is 8.95. The summed E-state index contributed by atoms with van der Waals surface area (Å²) >= 11 is 4.50. The SMILES string of the molecule is COCl.NO. The number of halogens is 1. The Labute approximate surface area is 35.4 Å². The van der Waals surface area contributed by atoms with Crippen molar-refractivity contribution < 1.29 is 9.50 Å². The first-order valence-electron chi connectivity index (χ1n) is 0.821.